The van der Waals surface area contributed by atoms with Crippen molar-refractivity contribution in [3.05, 3.63) is 55.9 Å². The van der Waals surface area contributed by atoms with Gasteiger partial charge in [-0.05, 0) is 44.3 Å². The first-order valence-corrected chi connectivity index (χ1v) is 8.69. The number of allylic oxidation sites excluding steroid dienone is 4. The van der Waals surface area contributed by atoms with E-state index in [0.29, 0.717) is 19.3 Å². The Morgan fingerprint density at radius 1 is 0.920 bits per heavy atom. The molecule has 139 valence electrons. The molecule has 0 amide bonds. The molecule has 0 fully saturated rings. The minimum absolute atomic E-state index is 0.137. The zero-order valence-electron chi connectivity index (χ0n) is 14.8. The second-order valence-corrected chi connectivity index (χ2v) is 5.65. The molecular weight excluding hydrogens is 324 g/mol. The van der Waals surface area contributed by atoms with E-state index in [2.05, 4.69) is 0 Å². The maximum absolute atomic E-state index is 11.0. The standard InChI is InChI=1S/C18H27N2O5/c1-2-13-17(19(22)23)16-18(20(24)25)14-11-9-7-5-3-4-6-8-10-12-15-21/h7,9,13-14H,2-6,8,10-12,16H2,1H3/b9-7-,17-13+,18-14+. The summed E-state index contributed by atoms with van der Waals surface area (Å²) in [5.41, 5.74) is -0.283. The SMILES string of the molecule is CC/C=C(\C/C(=C\C/C=C\CCCCCCC[C]=O)[N+](=O)[O-])[N+](=O)[O-]. The van der Waals surface area contributed by atoms with Gasteiger partial charge in [-0.25, -0.2) is 0 Å². The summed E-state index contributed by atoms with van der Waals surface area (Å²) in [6, 6.07) is 0. The molecule has 0 aliphatic rings. The first-order chi connectivity index (χ1) is 12.0. The van der Waals surface area contributed by atoms with Crippen LogP contribution in [0.5, 0.6) is 0 Å². The van der Waals surface area contributed by atoms with Crippen LogP contribution < -0.4 is 0 Å². The average Bonchev–Trinajstić information content (AvgIpc) is 2.57. The topological polar surface area (TPSA) is 103 Å². The zero-order valence-corrected chi connectivity index (χ0v) is 14.8. The highest BCUT2D eigenvalue weighted by Gasteiger charge is 2.20. The van der Waals surface area contributed by atoms with E-state index in [4.69, 9.17) is 0 Å². The molecule has 0 N–H and O–H groups in total. The van der Waals surface area contributed by atoms with Crippen molar-refractivity contribution in [3.8, 4) is 0 Å². The Morgan fingerprint density at radius 2 is 1.52 bits per heavy atom. The summed E-state index contributed by atoms with van der Waals surface area (Å²) in [5, 5.41) is 21.9. The van der Waals surface area contributed by atoms with Gasteiger partial charge in [-0.3, -0.25) is 25.0 Å². The lowest BCUT2D eigenvalue weighted by Gasteiger charge is -1.98. The summed E-state index contributed by atoms with van der Waals surface area (Å²) >= 11 is 0. The Labute approximate surface area is 148 Å². The van der Waals surface area contributed by atoms with Crippen LogP contribution in [-0.2, 0) is 4.79 Å². The minimum Gasteiger partial charge on any atom is -0.291 e. The second kappa shape index (κ2) is 15.2. The molecule has 7 heteroatoms. The van der Waals surface area contributed by atoms with Gasteiger partial charge in [0.2, 0.25) is 0 Å². The summed E-state index contributed by atoms with van der Waals surface area (Å²) in [4.78, 5) is 30.8. The van der Waals surface area contributed by atoms with Crippen LogP contribution in [0.15, 0.2) is 35.7 Å². The number of hydrogen-bond acceptors (Lipinski definition) is 5. The highest BCUT2D eigenvalue weighted by atomic mass is 16.6. The molecule has 25 heavy (non-hydrogen) atoms. The van der Waals surface area contributed by atoms with Crippen LogP contribution in [0.3, 0.4) is 0 Å². The fourth-order valence-corrected chi connectivity index (χ4v) is 2.25. The lowest BCUT2D eigenvalue weighted by atomic mass is 10.1. The molecule has 0 aromatic carbocycles. The number of unbranched alkanes of at least 4 members (excludes halogenated alkanes) is 6. The quantitative estimate of drug-likeness (QED) is 0.181. The number of nitro groups is 2. The van der Waals surface area contributed by atoms with Gasteiger partial charge in [-0.15, -0.1) is 0 Å². The van der Waals surface area contributed by atoms with Crippen molar-refractivity contribution in [2.45, 2.75) is 71.1 Å². The van der Waals surface area contributed by atoms with Gasteiger partial charge in [-0.1, -0.05) is 38.3 Å². The number of nitrogens with zero attached hydrogens (tertiary/aromatic N) is 2. The maximum Gasteiger partial charge on any atom is 0.253 e. The minimum atomic E-state index is -0.566. The molecule has 0 heterocycles. The molecule has 0 spiro atoms. The van der Waals surface area contributed by atoms with Crippen LogP contribution in [0, 0.1) is 20.2 Å². The number of rotatable bonds is 15. The molecule has 0 aromatic rings. The lowest BCUT2D eigenvalue weighted by Crippen LogP contribution is -2.06. The Kier molecular flexibility index (Phi) is 13.8. The van der Waals surface area contributed by atoms with Crippen molar-refractivity contribution in [2.75, 3.05) is 0 Å². The third-order valence-corrected chi connectivity index (χ3v) is 3.58. The van der Waals surface area contributed by atoms with Gasteiger partial charge >= 0.3 is 0 Å². The number of hydrogen-bond donors (Lipinski definition) is 0. The smallest absolute Gasteiger partial charge is 0.253 e. The van der Waals surface area contributed by atoms with E-state index < -0.39 is 9.85 Å². The third-order valence-electron chi connectivity index (χ3n) is 3.58. The third kappa shape index (κ3) is 12.7. The summed E-state index contributed by atoms with van der Waals surface area (Å²) < 4.78 is 0. The van der Waals surface area contributed by atoms with Gasteiger partial charge in [0, 0.05) is 6.42 Å². The van der Waals surface area contributed by atoms with E-state index in [9.17, 15) is 25.0 Å². The Morgan fingerprint density at radius 3 is 2.12 bits per heavy atom. The molecule has 1 radical (unpaired) electrons. The van der Waals surface area contributed by atoms with E-state index in [1.165, 1.54) is 12.2 Å². The predicted octanol–water partition coefficient (Wildman–Crippen LogP) is 4.89. The molecule has 0 bridgehead atoms. The molecule has 0 atom stereocenters. The van der Waals surface area contributed by atoms with Crippen LogP contribution in [-0.4, -0.2) is 16.1 Å². The van der Waals surface area contributed by atoms with Gasteiger partial charge in [0.15, 0.2) is 6.29 Å². The predicted molar refractivity (Wildman–Crippen MR) is 96.8 cm³/mol. The first kappa shape index (κ1) is 22.7. The first-order valence-electron chi connectivity index (χ1n) is 8.69. The molecule has 0 saturated carbocycles. The lowest BCUT2D eigenvalue weighted by molar-refractivity contribution is -0.450. The van der Waals surface area contributed by atoms with E-state index >= 15 is 0 Å². The van der Waals surface area contributed by atoms with Crippen molar-refractivity contribution < 1.29 is 14.6 Å². The van der Waals surface area contributed by atoms with Gasteiger partial charge in [0.05, 0.1) is 9.85 Å². The molecule has 0 aliphatic carbocycles. The van der Waals surface area contributed by atoms with Crippen molar-refractivity contribution in [1.29, 1.82) is 0 Å². The maximum atomic E-state index is 11.0. The van der Waals surface area contributed by atoms with Crippen molar-refractivity contribution in [2.24, 2.45) is 0 Å². The van der Waals surface area contributed by atoms with E-state index in [1.54, 1.807) is 6.92 Å². The van der Waals surface area contributed by atoms with Crippen LogP contribution in [0.25, 0.3) is 0 Å². The van der Waals surface area contributed by atoms with Crippen LogP contribution in [0.1, 0.15) is 71.1 Å². The van der Waals surface area contributed by atoms with Crippen molar-refractivity contribution in [3.63, 3.8) is 0 Å². The Bertz CT molecular complexity index is 510. The van der Waals surface area contributed by atoms with Crippen molar-refractivity contribution in [1.82, 2.24) is 0 Å². The average molecular weight is 351 g/mol. The fraction of sp³-hybridized carbons (Fsp3) is 0.611. The van der Waals surface area contributed by atoms with Crippen molar-refractivity contribution >= 4 is 6.29 Å². The van der Waals surface area contributed by atoms with E-state index in [1.807, 2.05) is 18.4 Å². The Hall–Kier alpha value is -2.31. The summed E-state index contributed by atoms with van der Waals surface area (Å²) in [7, 11) is 0. The second-order valence-electron chi connectivity index (χ2n) is 5.65. The summed E-state index contributed by atoms with van der Waals surface area (Å²) in [6.45, 7) is 1.75. The molecule has 0 unspecified atom stereocenters. The van der Waals surface area contributed by atoms with Crippen LogP contribution in [0.2, 0.25) is 0 Å². The van der Waals surface area contributed by atoms with Gasteiger partial charge in [0.25, 0.3) is 11.4 Å². The molecule has 0 aromatic heterocycles. The molecule has 0 rings (SSSR count). The van der Waals surface area contributed by atoms with Crippen LogP contribution in [0.4, 0.5) is 0 Å². The molecule has 0 saturated heterocycles. The normalized spacial score (nSPS) is 12.5. The number of carbonyl (C=O) groups excluding carboxylic acids is 1. The van der Waals surface area contributed by atoms with E-state index in [-0.39, 0.29) is 17.8 Å². The van der Waals surface area contributed by atoms with Gasteiger partial charge in [0.1, 0.15) is 6.42 Å². The van der Waals surface area contributed by atoms with Gasteiger partial charge in [-0.2, -0.15) is 0 Å². The van der Waals surface area contributed by atoms with Crippen LogP contribution >= 0.6 is 0 Å². The molecule has 7 nitrogen and oxygen atoms in total. The molecule has 0 aliphatic heterocycles. The van der Waals surface area contributed by atoms with E-state index in [0.717, 1.165) is 38.5 Å². The largest absolute Gasteiger partial charge is 0.291 e. The zero-order chi connectivity index (χ0) is 18.9. The highest BCUT2D eigenvalue weighted by Crippen LogP contribution is 2.14. The monoisotopic (exact) mass is 351 g/mol. The molecular formula is C18H27N2O5. The van der Waals surface area contributed by atoms with Gasteiger partial charge < -0.3 is 0 Å². The summed E-state index contributed by atoms with van der Waals surface area (Å²) in [5.74, 6) is 0. The highest BCUT2D eigenvalue weighted by molar-refractivity contribution is 5.50. The Balaban J connectivity index is 4.19. The fourth-order valence-electron chi connectivity index (χ4n) is 2.25. The summed E-state index contributed by atoms with van der Waals surface area (Å²) in [6.07, 6.45) is 15.7.